The van der Waals surface area contributed by atoms with Crippen LogP contribution in [-0.2, 0) is 7.05 Å². The minimum absolute atomic E-state index is 0.000786. The second kappa shape index (κ2) is 5.88. The molecule has 3 aromatic heterocycles. The van der Waals surface area contributed by atoms with Gasteiger partial charge in [0.15, 0.2) is 0 Å². The number of phenols is 1. The number of hydrogen-bond acceptors (Lipinski definition) is 6. The second-order valence-corrected chi connectivity index (χ2v) is 5.76. The first-order valence-electron chi connectivity index (χ1n) is 7.67. The minimum Gasteiger partial charge on any atom is -0.506 e. The van der Waals surface area contributed by atoms with Crippen LogP contribution in [0.3, 0.4) is 0 Å². The molecule has 0 bridgehead atoms. The molecule has 9 nitrogen and oxygen atoms in total. The number of aromatic nitrogens is 5. The van der Waals surface area contributed by atoms with Gasteiger partial charge in [0.2, 0.25) is 5.95 Å². The van der Waals surface area contributed by atoms with E-state index in [0.29, 0.717) is 33.9 Å². The molecule has 1 aromatic carbocycles. The van der Waals surface area contributed by atoms with Crippen LogP contribution in [0.1, 0.15) is 10.5 Å². The Morgan fingerprint density at radius 2 is 2.08 bits per heavy atom. The van der Waals surface area contributed by atoms with Crippen molar-refractivity contribution in [1.29, 1.82) is 0 Å². The largest absolute Gasteiger partial charge is 0.506 e. The van der Waals surface area contributed by atoms with Gasteiger partial charge in [0.05, 0.1) is 17.5 Å². The third kappa shape index (κ3) is 2.81. The van der Waals surface area contributed by atoms with Gasteiger partial charge in [-0.2, -0.15) is 0 Å². The van der Waals surface area contributed by atoms with Crippen LogP contribution in [0.25, 0.3) is 22.3 Å². The summed E-state index contributed by atoms with van der Waals surface area (Å²) in [5.41, 5.74) is 2.26. The van der Waals surface area contributed by atoms with E-state index in [0.717, 1.165) is 0 Å². The molecule has 0 saturated carbocycles. The molecule has 0 saturated heterocycles. The van der Waals surface area contributed by atoms with Crippen LogP contribution in [0.15, 0.2) is 43.0 Å². The molecule has 26 heavy (non-hydrogen) atoms. The molecule has 4 aromatic rings. The molecule has 4 rings (SSSR count). The molecule has 0 aliphatic carbocycles. The highest BCUT2D eigenvalue weighted by molar-refractivity contribution is 5.97. The van der Waals surface area contributed by atoms with Gasteiger partial charge in [-0.05, 0) is 18.2 Å². The van der Waals surface area contributed by atoms with E-state index >= 15 is 0 Å². The summed E-state index contributed by atoms with van der Waals surface area (Å²) < 4.78 is 1.82. The van der Waals surface area contributed by atoms with Gasteiger partial charge in [0.1, 0.15) is 17.1 Å². The molecule has 0 fully saturated rings. The first kappa shape index (κ1) is 15.6. The van der Waals surface area contributed by atoms with Crippen LogP contribution < -0.4 is 5.32 Å². The lowest BCUT2D eigenvalue weighted by molar-refractivity contribution is 0.0691. The summed E-state index contributed by atoms with van der Waals surface area (Å²) in [4.78, 5) is 26.6. The van der Waals surface area contributed by atoms with Crippen LogP contribution in [0.4, 0.5) is 11.6 Å². The molecule has 0 atom stereocenters. The Labute approximate surface area is 147 Å². The number of nitrogens with zero attached hydrogens (tertiary/aromatic N) is 4. The first-order chi connectivity index (χ1) is 12.5. The summed E-state index contributed by atoms with van der Waals surface area (Å²) in [6.45, 7) is 0. The van der Waals surface area contributed by atoms with Gasteiger partial charge in [0.25, 0.3) is 0 Å². The van der Waals surface area contributed by atoms with Gasteiger partial charge in [0, 0.05) is 36.6 Å². The molecule has 0 aliphatic rings. The van der Waals surface area contributed by atoms with Crippen LogP contribution >= 0.6 is 0 Å². The number of carboxylic acids is 1. The molecular formula is C17H14N6O3. The van der Waals surface area contributed by atoms with Crippen LogP contribution in [-0.4, -0.2) is 40.7 Å². The van der Waals surface area contributed by atoms with Crippen molar-refractivity contribution in [3.8, 4) is 17.1 Å². The Hall–Kier alpha value is -3.88. The topological polar surface area (TPSA) is 129 Å². The lowest BCUT2D eigenvalue weighted by atomic mass is 10.2. The third-order valence-electron chi connectivity index (χ3n) is 3.82. The summed E-state index contributed by atoms with van der Waals surface area (Å²) >= 11 is 0. The summed E-state index contributed by atoms with van der Waals surface area (Å²) in [6.07, 6.45) is 5.14. The van der Waals surface area contributed by atoms with E-state index in [4.69, 9.17) is 5.11 Å². The molecule has 4 N–H and O–H groups in total. The van der Waals surface area contributed by atoms with E-state index < -0.39 is 5.97 Å². The van der Waals surface area contributed by atoms with E-state index in [1.54, 1.807) is 24.7 Å². The van der Waals surface area contributed by atoms with Crippen LogP contribution in [0.2, 0.25) is 0 Å². The highest BCUT2D eigenvalue weighted by Gasteiger charge is 2.12. The number of benzene rings is 1. The highest BCUT2D eigenvalue weighted by atomic mass is 16.4. The number of aromatic hydroxyl groups is 1. The zero-order chi connectivity index (χ0) is 18.3. The van der Waals surface area contributed by atoms with Gasteiger partial charge in [-0.3, -0.25) is 0 Å². The highest BCUT2D eigenvalue weighted by Crippen LogP contribution is 2.30. The van der Waals surface area contributed by atoms with E-state index in [2.05, 4.69) is 25.3 Å². The number of aromatic carboxylic acids is 1. The number of anilines is 2. The number of H-pyrrole nitrogens is 1. The number of fused-ring (bicyclic) bond motifs is 1. The van der Waals surface area contributed by atoms with Crippen molar-refractivity contribution >= 4 is 28.5 Å². The van der Waals surface area contributed by atoms with E-state index in [9.17, 15) is 9.90 Å². The number of phenolic OH excluding ortho intramolecular Hbond substituents is 1. The standard InChI is InChI=1S/C17H14N6O3/c1-23-7-13(19-8-23)11-2-3-18-17(22-11)20-10-4-9-5-12(16(25)26)21-15(9)14(24)6-10/h2-8,21,24H,1H3,(H,25,26)(H,18,20,22). The number of aryl methyl sites for hydroxylation is 1. The lowest BCUT2D eigenvalue weighted by Crippen LogP contribution is -1.98. The van der Waals surface area contributed by atoms with E-state index in [1.807, 2.05) is 17.8 Å². The van der Waals surface area contributed by atoms with Gasteiger partial charge < -0.3 is 25.1 Å². The molecule has 130 valence electrons. The molecule has 3 heterocycles. The Balaban J connectivity index is 1.68. The Bertz CT molecular complexity index is 1130. The minimum atomic E-state index is -1.10. The Morgan fingerprint density at radius 1 is 1.23 bits per heavy atom. The fraction of sp³-hybridized carbons (Fsp3) is 0.0588. The van der Waals surface area contributed by atoms with Crippen molar-refractivity contribution in [3.63, 3.8) is 0 Å². The molecule has 0 amide bonds. The number of imidazole rings is 1. The fourth-order valence-electron chi connectivity index (χ4n) is 2.65. The van der Waals surface area contributed by atoms with E-state index in [1.165, 1.54) is 12.1 Å². The second-order valence-electron chi connectivity index (χ2n) is 5.76. The lowest BCUT2D eigenvalue weighted by Gasteiger charge is -2.07. The molecular weight excluding hydrogens is 336 g/mol. The van der Waals surface area contributed by atoms with Crippen molar-refractivity contribution in [3.05, 3.63) is 48.7 Å². The molecule has 0 radical (unpaired) electrons. The first-order valence-corrected chi connectivity index (χ1v) is 7.67. The van der Waals surface area contributed by atoms with Crippen molar-refractivity contribution in [2.75, 3.05) is 5.32 Å². The smallest absolute Gasteiger partial charge is 0.352 e. The third-order valence-corrected chi connectivity index (χ3v) is 3.82. The maximum atomic E-state index is 11.1. The average molecular weight is 350 g/mol. The zero-order valence-electron chi connectivity index (χ0n) is 13.6. The van der Waals surface area contributed by atoms with Gasteiger partial charge in [-0.1, -0.05) is 0 Å². The van der Waals surface area contributed by atoms with Gasteiger partial charge in [-0.25, -0.2) is 19.7 Å². The van der Waals surface area contributed by atoms with Gasteiger partial charge in [-0.15, -0.1) is 0 Å². The SMILES string of the molecule is Cn1cnc(-c2ccnc(Nc3cc(O)c4[nH]c(C(=O)O)cc4c3)n2)c1. The quantitative estimate of drug-likeness (QED) is 0.445. The van der Waals surface area contributed by atoms with Crippen LogP contribution in [0, 0.1) is 0 Å². The van der Waals surface area contributed by atoms with Crippen molar-refractivity contribution in [2.24, 2.45) is 7.05 Å². The fourth-order valence-corrected chi connectivity index (χ4v) is 2.65. The average Bonchev–Trinajstić information content (AvgIpc) is 3.22. The van der Waals surface area contributed by atoms with Gasteiger partial charge >= 0.3 is 5.97 Å². The zero-order valence-corrected chi connectivity index (χ0v) is 13.6. The van der Waals surface area contributed by atoms with Crippen molar-refractivity contribution in [2.45, 2.75) is 0 Å². The monoisotopic (exact) mass is 350 g/mol. The van der Waals surface area contributed by atoms with E-state index in [-0.39, 0.29) is 11.4 Å². The maximum absolute atomic E-state index is 11.1. The molecule has 0 aliphatic heterocycles. The summed E-state index contributed by atoms with van der Waals surface area (Å²) in [7, 11) is 1.87. The predicted octanol–water partition coefficient (Wildman–Crippen LogP) is 2.51. The van der Waals surface area contributed by atoms with Crippen molar-refractivity contribution in [1.82, 2.24) is 24.5 Å². The Kier molecular flexibility index (Phi) is 3.54. The number of carbonyl (C=O) groups is 1. The van der Waals surface area contributed by atoms with Crippen LogP contribution in [0.5, 0.6) is 5.75 Å². The van der Waals surface area contributed by atoms with Crippen molar-refractivity contribution < 1.29 is 15.0 Å². The normalized spacial score (nSPS) is 11.0. The number of rotatable bonds is 4. The number of nitrogens with one attached hydrogen (secondary N) is 2. The molecule has 0 spiro atoms. The predicted molar refractivity (Wildman–Crippen MR) is 94.4 cm³/mol. The number of aromatic amines is 1. The summed E-state index contributed by atoms with van der Waals surface area (Å²) in [5.74, 6) is -0.833. The summed E-state index contributed by atoms with van der Waals surface area (Å²) in [5, 5.41) is 22.8. The Morgan fingerprint density at radius 3 is 2.81 bits per heavy atom. The number of carboxylic acid groups (broad SMARTS) is 1. The summed E-state index contributed by atoms with van der Waals surface area (Å²) in [6, 6.07) is 6.38. The molecule has 0 unspecified atom stereocenters. The molecule has 9 heteroatoms. The maximum Gasteiger partial charge on any atom is 0.352 e. The number of hydrogen-bond donors (Lipinski definition) is 4.